The molecule has 34 heavy (non-hydrogen) atoms. The Kier molecular flexibility index (Phi) is 9.28. The van der Waals surface area contributed by atoms with Gasteiger partial charge in [-0.25, -0.2) is 4.79 Å². The first-order valence-corrected chi connectivity index (χ1v) is 12.4. The monoisotopic (exact) mass is 523 g/mol. The zero-order valence-corrected chi connectivity index (χ0v) is 20.9. The van der Waals surface area contributed by atoms with Crippen LogP contribution in [0.5, 0.6) is 5.75 Å². The summed E-state index contributed by atoms with van der Waals surface area (Å²) < 4.78 is 0.377. The minimum absolute atomic E-state index is 0.0405. The Bertz CT molecular complexity index is 1130. The topological polar surface area (TPSA) is 77.8 Å². The molecule has 0 fully saturated rings. The van der Waals surface area contributed by atoms with Gasteiger partial charge in [-0.2, -0.15) is 0 Å². The molecule has 2 N–H and O–H groups in total. The minimum Gasteiger partial charge on any atom is -0.506 e. The van der Waals surface area contributed by atoms with Crippen LogP contribution in [-0.2, 0) is 0 Å². The van der Waals surface area contributed by atoms with Gasteiger partial charge in [0.05, 0.1) is 10.0 Å². The molecule has 0 aliphatic rings. The van der Waals surface area contributed by atoms with E-state index >= 15 is 0 Å². The summed E-state index contributed by atoms with van der Waals surface area (Å²) in [4.78, 5) is 26.8. The number of aromatic carboxylic acids is 1. The number of phenolic OH excluding ortho intramolecular Hbond substituents is 1. The van der Waals surface area contributed by atoms with Crippen LogP contribution in [0.2, 0.25) is 0 Å². The van der Waals surface area contributed by atoms with Crippen LogP contribution in [0.25, 0.3) is 11.1 Å². The summed E-state index contributed by atoms with van der Waals surface area (Å²) in [5.41, 5.74) is 2.26. The van der Waals surface area contributed by atoms with Crippen molar-refractivity contribution >= 4 is 33.5 Å². The zero-order chi connectivity index (χ0) is 24.5. The predicted octanol–water partition coefficient (Wildman–Crippen LogP) is 7.53. The number of anilines is 1. The Morgan fingerprint density at radius 1 is 0.853 bits per heavy atom. The molecule has 0 aliphatic carbocycles. The molecular weight excluding hydrogens is 494 g/mol. The number of hydrogen-bond acceptors (Lipinski definition) is 3. The lowest BCUT2D eigenvalue weighted by molar-refractivity contribution is 0.0696. The van der Waals surface area contributed by atoms with Gasteiger partial charge in [0.15, 0.2) is 0 Å². The van der Waals surface area contributed by atoms with E-state index in [1.807, 2.05) is 30.3 Å². The first-order valence-electron chi connectivity index (χ1n) is 11.7. The fourth-order valence-electron chi connectivity index (χ4n) is 3.92. The van der Waals surface area contributed by atoms with E-state index in [1.165, 1.54) is 31.4 Å². The van der Waals surface area contributed by atoms with E-state index in [2.05, 4.69) is 22.9 Å². The molecule has 0 saturated heterocycles. The van der Waals surface area contributed by atoms with E-state index < -0.39 is 5.97 Å². The Labute approximate surface area is 209 Å². The molecule has 1 amide bonds. The number of rotatable bonds is 11. The maximum Gasteiger partial charge on any atom is 0.335 e. The van der Waals surface area contributed by atoms with Gasteiger partial charge in [0.1, 0.15) is 5.75 Å². The van der Waals surface area contributed by atoms with E-state index in [9.17, 15) is 19.8 Å². The van der Waals surface area contributed by atoms with Crippen molar-refractivity contribution in [1.29, 1.82) is 0 Å². The zero-order valence-electron chi connectivity index (χ0n) is 19.3. The number of para-hydroxylation sites is 1. The van der Waals surface area contributed by atoms with Crippen molar-refractivity contribution in [3.63, 3.8) is 0 Å². The van der Waals surface area contributed by atoms with Gasteiger partial charge in [-0.15, -0.1) is 0 Å². The number of carbonyl (C=O) groups excluding carboxylic acids is 1. The van der Waals surface area contributed by atoms with Crippen molar-refractivity contribution in [2.24, 2.45) is 0 Å². The van der Waals surface area contributed by atoms with Crippen LogP contribution in [0.1, 0.15) is 66.2 Å². The molecule has 3 rings (SSSR count). The summed E-state index contributed by atoms with van der Waals surface area (Å²) in [5, 5.41) is 20.0. The average Bonchev–Trinajstić information content (AvgIpc) is 2.85. The van der Waals surface area contributed by atoms with Gasteiger partial charge in [0.25, 0.3) is 5.91 Å². The lowest BCUT2D eigenvalue weighted by Gasteiger charge is -2.24. The number of amides is 1. The van der Waals surface area contributed by atoms with Crippen molar-refractivity contribution in [1.82, 2.24) is 0 Å². The maximum absolute atomic E-state index is 13.7. The minimum atomic E-state index is -1.05. The van der Waals surface area contributed by atoms with Gasteiger partial charge in [-0.3, -0.25) is 4.79 Å². The van der Waals surface area contributed by atoms with Crippen molar-refractivity contribution in [3.05, 3.63) is 82.3 Å². The first kappa shape index (κ1) is 25.5. The van der Waals surface area contributed by atoms with E-state index in [0.717, 1.165) is 24.9 Å². The number of carbonyl (C=O) groups is 2. The number of aromatic hydroxyl groups is 1. The van der Waals surface area contributed by atoms with E-state index in [4.69, 9.17) is 0 Å². The number of carboxylic acid groups (broad SMARTS) is 1. The summed E-state index contributed by atoms with van der Waals surface area (Å²) in [7, 11) is 0. The molecule has 0 heterocycles. The summed E-state index contributed by atoms with van der Waals surface area (Å²) in [6, 6.07) is 19.1. The second-order valence-corrected chi connectivity index (χ2v) is 9.15. The first-order chi connectivity index (χ1) is 16.4. The molecule has 0 spiro atoms. The number of carboxylic acids is 1. The summed E-state index contributed by atoms with van der Waals surface area (Å²) >= 11 is 3.37. The maximum atomic E-state index is 13.7. The molecule has 0 aromatic heterocycles. The van der Waals surface area contributed by atoms with Crippen LogP contribution in [0, 0.1) is 0 Å². The summed E-state index contributed by atoms with van der Waals surface area (Å²) in [6.45, 7) is 2.79. The standard InChI is InChI=1S/C28H30BrNO4/c1-2-3-4-5-6-10-16-30(23-14-8-7-9-15-23)27(32)22-18-24(26(31)25(29)19-22)20-12-11-13-21(17-20)28(33)34/h7-9,11-15,17-19,31H,2-6,10,16H2,1H3,(H,33,34). The third-order valence-corrected chi connectivity index (χ3v) is 6.38. The van der Waals surface area contributed by atoms with Gasteiger partial charge < -0.3 is 15.1 Å². The lowest BCUT2D eigenvalue weighted by atomic mass is 9.99. The number of phenols is 1. The number of nitrogens with zero attached hydrogens (tertiary/aromatic N) is 1. The van der Waals surface area contributed by atoms with Crippen molar-refractivity contribution in [2.45, 2.75) is 45.4 Å². The number of benzene rings is 3. The molecule has 6 heteroatoms. The third kappa shape index (κ3) is 6.48. The van der Waals surface area contributed by atoms with Gasteiger partial charge in [-0.1, -0.05) is 69.4 Å². The Morgan fingerprint density at radius 2 is 1.56 bits per heavy atom. The highest BCUT2D eigenvalue weighted by Crippen LogP contribution is 2.37. The normalized spacial score (nSPS) is 10.8. The summed E-state index contributed by atoms with van der Waals surface area (Å²) in [6.07, 6.45) is 6.75. The Morgan fingerprint density at radius 3 is 2.26 bits per heavy atom. The van der Waals surface area contributed by atoms with Gasteiger partial charge in [0, 0.05) is 23.4 Å². The smallest absolute Gasteiger partial charge is 0.335 e. The lowest BCUT2D eigenvalue weighted by Crippen LogP contribution is -2.32. The second kappa shape index (κ2) is 12.4. The average molecular weight is 524 g/mol. The SMILES string of the molecule is CCCCCCCCN(C(=O)c1cc(Br)c(O)c(-c2cccc(C(=O)O)c2)c1)c1ccccc1. The van der Waals surface area contributed by atoms with Crippen LogP contribution in [-0.4, -0.2) is 28.6 Å². The molecule has 0 aliphatic heterocycles. The third-order valence-electron chi connectivity index (χ3n) is 5.78. The van der Waals surface area contributed by atoms with Crippen LogP contribution < -0.4 is 4.90 Å². The van der Waals surface area contributed by atoms with Crippen molar-refractivity contribution in [2.75, 3.05) is 11.4 Å². The Balaban J connectivity index is 1.91. The highest BCUT2D eigenvalue weighted by Gasteiger charge is 2.21. The molecule has 0 saturated carbocycles. The number of halogens is 1. The fraction of sp³-hybridized carbons (Fsp3) is 0.286. The Hall–Kier alpha value is -3.12. The van der Waals surface area contributed by atoms with E-state index in [0.29, 0.717) is 27.7 Å². The molecule has 0 radical (unpaired) electrons. The molecule has 178 valence electrons. The molecule has 3 aromatic carbocycles. The van der Waals surface area contributed by atoms with E-state index in [-0.39, 0.29) is 17.2 Å². The largest absolute Gasteiger partial charge is 0.506 e. The van der Waals surface area contributed by atoms with Crippen molar-refractivity contribution < 1.29 is 19.8 Å². The van der Waals surface area contributed by atoms with Crippen LogP contribution in [0.15, 0.2) is 71.2 Å². The van der Waals surface area contributed by atoms with Gasteiger partial charge in [-0.05, 0) is 64.3 Å². The quantitative estimate of drug-likeness (QED) is 0.254. The highest BCUT2D eigenvalue weighted by molar-refractivity contribution is 9.10. The van der Waals surface area contributed by atoms with Gasteiger partial charge in [0.2, 0.25) is 0 Å². The number of unbranched alkanes of at least 4 members (excludes halogenated alkanes) is 5. The van der Waals surface area contributed by atoms with Crippen LogP contribution >= 0.6 is 15.9 Å². The second-order valence-electron chi connectivity index (χ2n) is 8.30. The molecule has 0 atom stereocenters. The van der Waals surface area contributed by atoms with Gasteiger partial charge >= 0.3 is 5.97 Å². The molecule has 0 unspecified atom stereocenters. The van der Waals surface area contributed by atoms with Crippen LogP contribution in [0.3, 0.4) is 0 Å². The fourth-order valence-corrected chi connectivity index (χ4v) is 4.38. The molecule has 3 aromatic rings. The summed E-state index contributed by atoms with van der Waals surface area (Å²) in [5.74, 6) is -1.26. The molecular formula is C28H30BrNO4. The van der Waals surface area contributed by atoms with Crippen LogP contribution in [0.4, 0.5) is 5.69 Å². The van der Waals surface area contributed by atoms with E-state index in [1.54, 1.807) is 29.2 Å². The molecule has 0 bridgehead atoms. The predicted molar refractivity (Wildman–Crippen MR) is 140 cm³/mol. The number of hydrogen-bond donors (Lipinski definition) is 2. The van der Waals surface area contributed by atoms with Crippen molar-refractivity contribution in [3.8, 4) is 16.9 Å². The molecule has 5 nitrogen and oxygen atoms in total. The highest BCUT2D eigenvalue weighted by atomic mass is 79.9.